The Bertz CT molecular complexity index is 588. The maximum absolute atomic E-state index is 11.9. The molecule has 0 saturated carbocycles. The predicted octanol–water partition coefficient (Wildman–Crippen LogP) is 3.38. The molecular weight excluding hydrogens is 331 g/mol. The number of amides is 1. The molecule has 0 aliphatic carbocycles. The van der Waals surface area contributed by atoms with Crippen LogP contribution in [0.1, 0.15) is 17.5 Å². The van der Waals surface area contributed by atoms with Gasteiger partial charge in [0.1, 0.15) is 0 Å². The van der Waals surface area contributed by atoms with E-state index < -0.39 is 6.04 Å². The van der Waals surface area contributed by atoms with Gasteiger partial charge in [-0.2, -0.15) is 0 Å². The van der Waals surface area contributed by atoms with Gasteiger partial charge in [-0.05, 0) is 42.5 Å². The van der Waals surface area contributed by atoms with Crippen LogP contribution >= 0.6 is 24.0 Å². The number of hydrogen-bond acceptors (Lipinski definition) is 2. The molecule has 2 aromatic rings. The fraction of sp³-hybridized carbons (Fsp3) is 0.278. The molecule has 0 unspecified atom stereocenters. The third-order valence-corrected chi connectivity index (χ3v) is 3.74. The summed E-state index contributed by atoms with van der Waals surface area (Å²) in [6, 6.07) is 17.1. The molecule has 0 saturated heterocycles. The average Bonchev–Trinajstić information content (AvgIpc) is 2.54. The topological polar surface area (TPSA) is 55.1 Å². The van der Waals surface area contributed by atoms with Gasteiger partial charge in [-0.3, -0.25) is 4.79 Å². The van der Waals surface area contributed by atoms with Gasteiger partial charge < -0.3 is 11.1 Å². The molecule has 3 N–H and O–H groups in total. The van der Waals surface area contributed by atoms with Gasteiger partial charge in [0.25, 0.3) is 0 Å². The summed E-state index contributed by atoms with van der Waals surface area (Å²) in [7, 11) is 0. The lowest BCUT2D eigenvalue weighted by molar-refractivity contribution is -0.122. The maximum atomic E-state index is 11.9. The third kappa shape index (κ3) is 7.04. The van der Waals surface area contributed by atoms with Gasteiger partial charge in [0.15, 0.2) is 0 Å². The van der Waals surface area contributed by atoms with Crippen molar-refractivity contribution < 1.29 is 4.79 Å². The summed E-state index contributed by atoms with van der Waals surface area (Å²) in [4.78, 5) is 11.9. The van der Waals surface area contributed by atoms with Crippen molar-refractivity contribution in [3.8, 4) is 0 Å². The van der Waals surface area contributed by atoms with Gasteiger partial charge in [-0.25, -0.2) is 0 Å². The number of hydrogen-bond donors (Lipinski definition) is 2. The Kier molecular flexibility index (Phi) is 8.70. The number of rotatable bonds is 7. The molecule has 1 amide bonds. The summed E-state index contributed by atoms with van der Waals surface area (Å²) in [5, 5.41) is 3.63. The van der Waals surface area contributed by atoms with Crippen molar-refractivity contribution in [2.45, 2.75) is 25.3 Å². The minimum atomic E-state index is -0.502. The molecule has 0 fully saturated rings. The van der Waals surface area contributed by atoms with Crippen molar-refractivity contribution in [3.63, 3.8) is 0 Å². The maximum Gasteiger partial charge on any atom is 0.237 e. The first-order valence-electron chi connectivity index (χ1n) is 7.47. The average molecular weight is 353 g/mol. The molecule has 0 spiro atoms. The SMILES string of the molecule is Cl.N[C@@H](Cc1ccccc1)C(=O)NCCCc1ccc(Cl)cc1. The fourth-order valence-electron chi connectivity index (χ4n) is 2.25. The first-order valence-corrected chi connectivity index (χ1v) is 7.84. The molecule has 0 heterocycles. The highest BCUT2D eigenvalue weighted by Crippen LogP contribution is 2.10. The second-order valence-electron chi connectivity index (χ2n) is 5.32. The van der Waals surface area contributed by atoms with E-state index in [0.29, 0.717) is 13.0 Å². The van der Waals surface area contributed by atoms with Gasteiger partial charge in [0.05, 0.1) is 6.04 Å². The Morgan fingerprint density at radius 1 is 1.04 bits per heavy atom. The van der Waals surface area contributed by atoms with E-state index in [9.17, 15) is 4.79 Å². The van der Waals surface area contributed by atoms with Crippen molar-refractivity contribution in [1.29, 1.82) is 0 Å². The Labute approximate surface area is 148 Å². The Balaban J connectivity index is 0.00000264. The Hall–Kier alpha value is -1.55. The van der Waals surface area contributed by atoms with Crippen molar-refractivity contribution >= 4 is 29.9 Å². The number of carbonyl (C=O) groups excluding carboxylic acids is 1. The number of carbonyl (C=O) groups is 1. The number of benzene rings is 2. The molecule has 0 radical (unpaired) electrons. The molecule has 124 valence electrons. The second-order valence-corrected chi connectivity index (χ2v) is 5.75. The summed E-state index contributed by atoms with van der Waals surface area (Å²) < 4.78 is 0. The fourth-order valence-corrected chi connectivity index (χ4v) is 2.37. The van der Waals surface area contributed by atoms with Gasteiger partial charge >= 0.3 is 0 Å². The zero-order valence-electron chi connectivity index (χ0n) is 12.9. The van der Waals surface area contributed by atoms with Gasteiger partial charge in [-0.15, -0.1) is 12.4 Å². The summed E-state index contributed by atoms with van der Waals surface area (Å²) in [6.45, 7) is 0.629. The van der Waals surface area contributed by atoms with Gasteiger partial charge in [-0.1, -0.05) is 54.1 Å². The van der Waals surface area contributed by atoms with E-state index in [2.05, 4.69) is 5.32 Å². The minimum absolute atomic E-state index is 0. The first-order chi connectivity index (χ1) is 10.6. The lowest BCUT2D eigenvalue weighted by Gasteiger charge is -2.12. The van der Waals surface area contributed by atoms with Crippen molar-refractivity contribution in [2.75, 3.05) is 6.54 Å². The molecule has 5 heteroatoms. The highest BCUT2D eigenvalue weighted by atomic mass is 35.5. The Morgan fingerprint density at radius 3 is 2.35 bits per heavy atom. The number of halogens is 2. The van der Waals surface area contributed by atoms with Crippen molar-refractivity contribution in [3.05, 3.63) is 70.7 Å². The number of nitrogens with one attached hydrogen (secondary N) is 1. The molecule has 3 nitrogen and oxygen atoms in total. The molecule has 0 aromatic heterocycles. The van der Waals surface area contributed by atoms with Gasteiger partial charge in [0.2, 0.25) is 5.91 Å². The van der Waals surface area contributed by atoms with E-state index in [4.69, 9.17) is 17.3 Å². The summed E-state index contributed by atoms with van der Waals surface area (Å²) in [5.41, 5.74) is 8.22. The van der Waals surface area contributed by atoms with Gasteiger partial charge in [0, 0.05) is 11.6 Å². The number of nitrogens with two attached hydrogens (primary N) is 1. The van der Waals surface area contributed by atoms with Crippen LogP contribution in [0.3, 0.4) is 0 Å². The summed E-state index contributed by atoms with van der Waals surface area (Å²) in [6.07, 6.45) is 2.35. The smallest absolute Gasteiger partial charge is 0.237 e. The van der Waals surface area contributed by atoms with Crippen LogP contribution < -0.4 is 11.1 Å². The molecule has 0 aliphatic rings. The van der Waals surface area contributed by atoms with E-state index in [0.717, 1.165) is 23.4 Å². The molecule has 2 aromatic carbocycles. The lowest BCUT2D eigenvalue weighted by Crippen LogP contribution is -2.42. The van der Waals surface area contributed by atoms with E-state index in [1.54, 1.807) is 0 Å². The van der Waals surface area contributed by atoms with Crippen LogP contribution in [0.2, 0.25) is 5.02 Å². The van der Waals surface area contributed by atoms with Crippen LogP contribution in [-0.4, -0.2) is 18.5 Å². The van der Waals surface area contributed by atoms with E-state index >= 15 is 0 Å². The molecule has 2 rings (SSSR count). The van der Waals surface area contributed by atoms with Crippen LogP contribution in [0.4, 0.5) is 0 Å². The summed E-state index contributed by atoms with van der Waals surface area (Å²) >= 11 is 5.84. The van der Waals surface area contributed by atoms with Crippen molar-refractivity contribution in [2.24, 2.45) is 5.73 Å². The predicted molar refractivity (Wildman–Crippen MR) is 98.2 cm³/mol. The molecule has 1 atom stereocenters. The monoisotopic (exact) mass is 352 g/mol. The van der Waals surface area contributed by atoms with Crippen LogP contribution in [0.25, 0.3) is 0 Å². The zero-order valence-corrected chi connectivity index (χ0v) is 14.4. The zero-order chi connectivity index (χ0) is 15.8. The second kappa shape index (κ2) is 10.3. The lowest BCUT2D eigenvalue weighted by atomic mass is 10.1. The first kappa shape index (κ1) is 19.5. The van der Waals surface area contributed by atoms with E-state index in [1.807, 2.05) is 54.6 Å². The quantitative estimate of drug-likeness (QED) is 0.750. The summed E-state index contributed by atoms with van der Waals surface area (Å²) in [5.74, 6) is -0.0973. The highest BCUT2D eigenvalue weighted by molar-refractivity contribution is 6.30. The highest BCUT2D eigenvalue weighted by Gasteiger charge is 2.13. The van der Waals surface area contributed by atoms with Crippen molar-refractivity contribution in [1.82, 2.24) is 5.32 Å². The standard InChI is InChI=1S/C18H21ClN2O.ClH/c19-16-10-8-14(9-11-16)7-4-12-21-18(22)17(20)13-15-5-2-1-3-6-15;/h1-3,5-6,8-11,17H,4,7,12-13,20H2,(H,21,22);1H/t17-;/m0./s1. The minimum Gasteiger partial charge on any atom is -0.355 e. The normalized spacial score (nSPS) is 11.4. The van der Waals surface area contributed by atoms with Crippen LogP contribution in [0, 0.1) is 0 Å². The van der Waals surface area contributed by atoms with Crippen LogP contribution in [-0.2, 0) is 17.6 Å². The molecule has 0 bridgehead atoms. The third-order valence-electron chi connectivity index (χ3n) is 3.49. The Morgan fingerprint density at radius 2 is 1.70 bits per heavy atom. The molecule has 0 aliphatic heterocycles. The van der Waals surface area contributed by atoms with E-state index in [-0.39, 0.29) is 18.3 Å². The van der Waals surface area contributed by atoms with Crippen LogP contribution in [0.15, 0.2) is 54.6 Å². The number of aryl methyl sites for hydroxylation is 1. The van der Waals surface area contributed by atoms with Crippen LogP contribution in [0.5, 0.6) is 0 Å². The largest absolute Gasteiger partial charge is 0.355 e. The van der Waals surface area contributed by atoms with E-state index in [1.165, 1.54) is 5.56 Å². The molecule has 23 heavy (non-hydrogen) atoms. The molecular formula is C18H22Cl2N2O.